The van der Waals surface area contributed by atoms with Crippen molar-refractivity contribution in [3.05, 3.63) is 105 Å². The Morgan fingerprint density at radius 2 is 1.86 bits per heavy atom. The Morgan fingerprint density at radius 3 is 2.55 bits per heavy atom. The summed E-state index contributed by atoms with van der Waals surface area (Å²) in [4.78, 5) is 19.5. The van der Waals surface area contributed by atoms with Crippen molar-refractivity contribution in [2.75, 3.05) is 30.8 Å². The number of hydrogen-bond acceptors (Lipinski definition) is 10. The molecule has 4 N–H and O–H groups in total. The molecule has 0 unspecified atom stereocenters. The molecule has 254 valence electrons. The zero-order valence-corrected chi connectivity index (χ0v) is 29.1. The van der Waals surface area contributed by atoms with Crippen LogP contribution in [0.15, 0.2) is 72.7 Å². The summed E-state index contributed by atoms with van der Waals surface area (Å²) < 4.78 is 18.9. The third kappa shape index (κ3) is 7.38. The van der Waals surface area contributed by atoms with Crippen molar-refractivity contribution in [2.45, 2.75) is 51.2 Å². The van der Waals surface area contributed by atoms with Crippen LogP contribution in [0.1, 0.15) is 61.1 Å². The number of likely N-dealkylation sites (tertiary alicyclic amines) is 1. The van der Waals surface area contributed by atoms with Gasteiger partial charge in [0.15, 0.2) is 0 Å². The van der Waals surface area contributed by atoms with Crippen LogP contribution in [-0.2, 0) is 4.74 Å². The van der Waals surface area contributed by atoms with E-state index >= 15 is 0 Å². The van der Waals surface area contributed by atoms with Crippen molar-refractivity contribution in [1.82, 2.24) is 25.9 Å². The van der Waals surface area contributed by atoms with Crippen LogP contribution in [-0.4, -0.2) is 52.6 Å². The average Bonchev–Trinajstić information content (AvgIpc) is 3.58. The summed E-state index contributed by atoms with van der Waals surface area (Å²) >= 11 is 12.9. The number of benzene rings is 3. The predicted octanol–water partition coefficient (Wildman–Crippen LogP) is 7.66. The van der Waals surface area contributed by atoms with Gasteiger partial charge in [-0.05, 0) is 81.6 Å². The summed E-state index contributed by atoms with van der Waals surface area (Å²) in [5.74, 6) is -0.998. The van der Waals surface area contributed by atoms with Crippen LogP contribution in [0.2, 0.25) is 10.0 Å². The molecule has 2 aliphatic rings. The number of fused-ring (bicyclic) bond motifs is 1. The Kier molecular flexibility index (Phi) is 9.86. The van der Waals surface area contributed by atoms with E-state index in [1.807, 2.05) is 18.2 Å². The average molecular weight is 704 g/mol. The first-order chi connectivity index (χ1) is 23.4. The first kappa shape index (κ1) is 34.3. The maximum atomic E-state index is 13.9. The second kappa shape index (κ2) is 14.1. The van der Waals surface area contributed by atoms with Crippen molar-refractivity contribution in [3.63, 3.8) is 0 Å². The van der Waals surface area contributed by atoms with Crippen LogP contribution in [0.4, 0.5) is 21.5 Å². The lowest BCUT2D eigenvalue weighted by atomic mass is 9.97. The van der Waals surface area contributed by atoms with Crippen molar-refractivity contribution < 1.29 is 13.9 Å². The summed E-state index contributed by atoms with van der Waals surface area (Å²) in [5.41, 5.74) is 11.1. The first-order valence-electron chi connectivity index (χ1n) is 15.9. The predicted molar refractivity (Wildman–Crippen MR) is 191 cm³/mol. The number of hydrogen-bond donors (Lipinski definition) is 4. The van der Waals surface area contributed by atoms with Gasteiger partial charge in [0.25, 0.3) is 0 Å². The van der Waals surface area contributed by atoms with E-state index in [4.69, 9.17) is 27.9 Å². The Balaban J connectivity index is 1.37. The number of pyridine rings is 1. The van der Waals surface area contributed by atoms with Crippen LogP contribution >= 0.6 is 23.2 Å². The number of aromatic nitrogens is 1. The van der Waals surface area contributed by atoms with Crippen molar-refractivity contribution in [2.24, 2.45) is 0 Å². The SMILES string of the molecule is COC(=O)c1cccc([C@H](Nc2cc(Cl)c3ncc(C#N)c(Nc4ccc(F)c(Cl)c4)c3c2)C2=CN(C3CCN(C(C)(C)C)CC3)NN2)c1. The third-order valence-electron chi connectivity index (χ3n) is 8.91. The highest BCUT2D eigenvalue weighted by atomic mass is 35.5. The highest BCUT2D eigenvalue weighted by Crippen LogP contribution is 2.38. The molecule has 0 saturated carbocycles. The normalized spacial score (nSPS) is 16.1. The molecule has 0 bridgehead atoms. The molecule has 13 heteroatoms. The molecule has 1 atom stereocenters. The number of ether oxygens (including phenoxy) is 1. The van der Waals surface area contributed by atoms with Crippen molar-refractivity contribution in [1.29, 1.82) is 5.26 Å². The largest absolute Gasteiger partial charge is 0.465 e. The van der Waals surface area contributed by atoms with Gasteiger partial charge in [0.1, 0.15) is 11.9 Å². The molecule has 10 nitrogen and oxygen atoms in total. The first-order valence-corrected chi connectivity index (χ1v) is 16.7. The molecule has 3 heterocycles. The molecule has 49 heavy (non-hydrogen) atoms. The summed E-state index contributed by atoms with van der Waals surface area (Å²) in [6, 6.07) is 17.1. The topological polar surface area (TPSA) is 118 Å². The lowest BCUT2D eigenvalue weighted by Crippen LogP contribution is -2.52. The van der Waals surface area contributed by atoms with Gasteiger partial charge in [0.05, 0.1) is 51.2 Å². The molecule has 4 aromatic rings. The molecule has 6 rings (SSSR count). The van der Waals surface area contributed by atoms with Gasteiger partial charge in [0, 0.05) is 53.8 Å². The van der Waals surface area contributed by atoms with Gasteiger partial charge in [-0.3, -0.25) is 14.9 Å². The van der Waals surface area contributed by atoms with E-state index in [0.29, 0.717) is 38.6 Å². The van der Waals surface area contributed by atoms with E-state index < -0.39 is 17.8 Å². The fourth-order valence-corrected chi connectivity index (χ4v) is 6.70. The summed E-state index contributed by atoms with van der Waals surface area (Å²) in [6.07, 6.45) is 5.49. The third-order valence-corrected chi connectivity index (χ3v) is 9.49. The van der Waals surface area contributed by atoms with Crippen LogP contribution in [0.25, 0.3) is 10.9 Å². The van der Waals surface area contributed by atoms with Gasteiger partial charge in [0.2, 0.25) is 0 Å². The number of carbonyl (C=O) groups is 1. The van der Waals surface area contributed by atoms with E-state index in [2.05, 4.69) is 69.5 Å². The Labute approximate surface area is 294 Å². The van der Waals surface area contributed by atoms with Gasteiger partial charge in [-0.1, -0.05) is 35.3 Å². The number of esters is 1. The number of nitrogens with one attached hydrogen (secondary N) is 4. The number of anilines is 3. The van der Waals surface area contributed by atoms with E-state index in [9.17, 15) is 14.4 Å². The second-order valence-electron chi connectivity index (χ2n) is 13.1. The minimum atomic E-state index is -0.553. The van der Waals surface area contributed by atoms with E-state index in [-0.39, 0.29) is 22.2 Å². The lowest BCUT2D eigenvalue weighted by Gasteiger charge is -2.42. The minimum Gasteiger partial charge on any atom is -0.465 e. The summed E-state index contributed by atoms with van der Waals surface area (Å²) in [6.45, 7) is 8.72. The quantitative estimate of drug-likeness (QED) is 0.136. The number of piperidine rings is 1. The number of carbonyl (C=O) groups excluding carboxylic acids is 1. The lowest BCUT2D eigenvalue weighted by molar-refractivity contribution is 0.0569. The minimum absolute atomic E-state index is 0.0565. The zero-order chi connectivity index (χ0) is 34.9. The number of halogens is 3. The molecule has 2 aliphatic heterocycles. The van der Waals surface area contributed by atoms with Gasteiger partial charge < -0.3 is 20.8 Å². The van der Waals surface area contributed by atoms with Crippen LogP contribution in [0.3, 0.4) is 0 Å². The molecule has 1 aromatic heterocycles. The van der Waals surface area contributed by atoms with E-state index in [0.717, 1.165) is 37.2 Å². The monoisotopic (exact) mass is 702 g/mol. The van der Waals surface area contributed by atoms with Gasteiger partial charge in [-0.15, -0.1) is 5.53 Å². The number of nitriles is 1. The molecular formula is C36H37Cl2FN8O2. The molecule has 3 aromatic carbocycles. The Hall–Kier alpha value is -4.60. The fourth-order valence-electron chi connectivity index (χ4n) is 6.25. The zero-order valence-electron chi connectivity index (χ0n) is 27.6. The molecule has 0 spiro atoms. The molecule has 0 amide bonds. The fraction of sp³-hybridized carbons (Fsp3) is 0.306. The van der Waals surface area contributed by atoms with Crippen molar-refractivity contribution in [3.8, 4) is 6.07 Å². The number of nitrogens with zero attached hydrogens (tertiary/aromatic N) is 4. The maximum absolute atomic E-state index is 13.9. The summed E-state index contributed by atoms with van der Waals surface area (Å²) in [7, 11) is 1.35. The van der Waals surface area contributed by atoms with E-state index in [1.54, 1.807) is 18.2 Å². The molecule has 1 saturated heterocycles. The molecule has 0 aliphatic carbocycles. The highest BCUT2D eigenvalue weighted by Gasteiger charge is 2.32. The van der Waals surface area contributed by atoms with E-state index in [1.165, 1.54) is 31.5 Å². The highest BCUT2D eigenvalue weighted by molar-refractivity contribution is 6.36. The van der Waals surface area contributed by atoms with Crippen LogP contribution in [0.5, 0.6) is 0 Å². The number of hydrazine groups is 2. The number of methoxy groups -OCH3 is 1. The second-order valence-corrected chi connectivity index (χ2v) is 13.9. The smallest absolute Gasteiger partial charge is 0.337 e. The Morgan fingerprint density at radius 1 is 1.10 bits per heavy atom. The maximum Gasteiger partial charge on any atom is 0.337 e. The van der Waals surface area contributed by atoms with Crippen LogP contribution < -0.4 is 21.6 Å². The molecule has 1 fully saturated rings. The Bertz CT molecular complexity index is 1970. The van der Waals surface area contributed by atoms with Gasteiger partial charge >= 0.3 is 5.97 Å². The van der Waals surface area contributed by atoms with Gasteiger partial charge in [-0.25, -0.2) is 9.18 Å². The summed E-state index contributed by atoms with van der Waals surface area (Å²) in [5, 5.41) is 19.8. The number of rotatable bonds is 8. The standard InChI is InChI=1S/C36H37Cl2FN8O2/c1-36(2,3)46-12-10-26(11-13-46)47-20-31(44-45-47)33(21-6-5-7-22(14-21)35(48)49-4)43-25-15-27-32(42-24-8-9-30(39)28(37)16-24)23(18-40)19-41-34(27)29(38)17-25/h5-9,14-17,19-20,26,33,43-45H,10-13H2,1-4H3,(H,41,42)/t33-/m0/s1. The molecule has 0 radical (unpaired) electrons. The van der Waals surface area contributed by atoms with Crippen molar-refractivity contribution >= 4 is 57.1 Å². The van der Waals surface area contributed by atoms with Gasteiger partial charge in [-0.2, -0.15) is 5.26 Å². The van der Waals surface area contributed by atoms with Crippen LogP contribution in [0, 0.1) is 17.1 Å². The molecular weight excluding hydrogens is 666 g/mol.